The number of carbonyl (C=O) groups is 1. The highest BCUT2D eigenvalue weighted by atomic mass is 32.2. The van der Waals surface area contributed by atoms with Gasteiger partial charge in [-0.05, 0) is 19.4 Å². The predicted octanol–water partition coefficient (Wildman–Crippen LogP) is 0.940. The SMILES string of the molecule is COc1ccc(CC(=O)N[C@@]2(C)CCS(=O)(=O)C2)c(OC)c1. The Bertz CT molecular complexity index is 671. The lowest BCUT2D eigenvalue weighted by Gasteiger charge is -2.24. The number of hydrogen-bond donors (Lipinski definition) is 1. The number of sulfone groups is 1. The molecule has 1 saturated heterocycles. The van der Waals surface area contributed by atoms with Crippen molar-refractivity contribution in [2.45, 2.75) is 25.3 Å². The lowest BCUT2D eigenvalue weighted by molar-refractivity contribution is -0.121. The normalized spacial score (nSPS) is 23.0. The summed E-state index contributed by atoms with van der Waals surface area (Å²) < 4.78 is 33.5. The van der Waals surface area contributed by atoms with Gasteiger partial charge in [0.2, 0.25) is 5.91 Å². The monoisotopic (exact) mass is 327 g/mol. The van der Waals surface area contributed by atoms with Crippen molar-refractivity contribution in [1.82, 2.24) is 5.32 Å². The number of rotatable bonds is 5. The number of nitrogens with one attached hydrogen (secondary N) is 1. The maximum atomic E-state index is 12.2. The van der Waals surface area contributed by atoms with Crippen LogP contribution in [0.2, 0.25) is 0 Å². The van der Waals surface area contributed by atoms with E-state index in [0.29, 0.717) is 17.9 Å². The van der Waals surface area contributed by atoms with Gasteiger partial charge in [0, 0.05) is 11.6 Å². The van der Waals surface area contributed by atoms with Crippen LogP contribution in [0.5, 0.6) is 11.5 Å². The summed E-state index contributed by atoms with van der Waals surface area (Å²) in [6, 6.07) is 5.24. The molecule has 1 aliphatic heterocycles. The average molecular weight is 327 g/mol. The minimum atomic E-state index is -3.05. The molecule has 122 valence electrons. The summed E-state index contributed by atoms with van der Waals surface area (Å²) in [6.45, 7) is 1.76. The average Bonchev–Trinajstić information content (AvgIpc) is 2.72. The fourth-order valence-electron chi connectivity index (χ4n) is 2.66. The van der Waals surface area contributed by atoms with Gasteiger partial charge in [0.25, 0.3) is 0 Å². The van der Waals surface area contributed by atoms with Crippen LogP contribution in [-0.2, 0) is 21.1 Å². The summed E-state index contributed by atoms with van der Waals surface area (Å²) in [7, 11) is 0.0367. The third kappa shape index (κ3) is 3.91. The van der Waals surface area contributed by atoms with Crippen molar-refractivity contribution in [3.05, 3.63) is 23.8 Å². The third-order valence-electron chi connectivity index (χ3n) is 3.79. The van der Waals surface area contributed by atoms with Crippen LogP contribution in [-0.4, -0.2) is 45.6 Å². The summed E-state index contributed by atoms with van der Waals surface area (Å²) >= 11 is 0. The highest BCUT2D eigenvalue weighted by Crippen LogP contribution is 2.26. The molecule has 1 N–H and O–H groups in total. The number of benzene rings is 1. The van der Waals surface area contributed by atoms with Crippen molar-refractivity contribution in [3.63, 3.8) is 0 Å². The first kappa shape index (κ1) is 16.6. The van der Waals surface area contributed by atoms with E-state index in [-0.39, 0.29) is 23.8 Å². The Morgan fingerprint density at radius 1 is 1.32 bits per heavy atom. The molecule has 1 heterocycles. The van der Waals surface area contributed by atoms with E-state index in [1.54, 1.807) is 32.2 Å². The first-order chi connectivity index (χ1) is 10.3. The molecule has 7 heteroatoms. The minimum absolute atomic E-state index is 0.00844. The highest BCUT2D eigenvalue weighted by Gasteiger charge is 2.39. The molecule has 1 fully saturated rings. The molecule has 0 aromatic heterocycles. The molecule has 0 spiro atoms. The second-order valence-electron chi connectivity index (χ2n) is 5.81. The van der Waals surface area contributed by atoms with Gasteiger partial charge in [0.05, 0.1) is 37.7 Å². The van der Waals surface area contributed by atoms with E-state index < -0.39 is 15.4 Å². The predicted molar refractivity (Wildman–Crippen MR) is 83.1 cm³/mol. The molecule has 0 aliphatic carbocycles. The van der Waals surface area contributed by atoms with Crippen molar-refractivity contribution in [3.8, 4) is 11.5 Å². The lowest BCUT2D eigenvalue weighted by Crippen LogP contribution is -2.47. The number of methoxy groups -OCH3 is 2. The van der Waals surface area contributed by atoms with E-state index in [1.165, 1.54) is 7.11 Å². The van der Waals surface area contributed by atoms with Gasteiger partial charge in [0.1, 0.15) is 11.5 Å². The number of hydrogen-bond acceptors (Lipinski definition) is 5. The first-order valence-electron chi connectivity index (χ1n) is 6.99. The van der Waals surface area contributed by atoms with Gasteiger partial charge in [-0.15, -0.1) is 0 Å². The molecule has 6 nitrogen and oxygen atoms in total. The largest absolute Gasteiger partial charge is 0.497 e. The van der Waals surface area contributed by atoms with E-state index in [9.17, 15) is 13.2 Å². The molecule has 0 bridgehead atoms. The zero-order valence-corrected chi connectivity index (χ0v) is 13.8. The molecule has 0 saturated carbocycles. The van der Waals surface area contributed by atoms with E-state index in [0.717, 1.165) is 5.56 Å². The smallest absolute Gasteiger partial charge is 0.225 e. The Morgan fingerprint density at radius 2 is 2.05 bits per heavy atom. The summed E-state index contributed by atoms with van der Waals surface area (Å²) in [5, 5.41) is 2.83. The number of amides is 1. The fourth-order valence-corrected chi connectivity index (χ4v) is 4.75. The second-order valence-corrected chi connectivity index (χ2v) is 7.99. The van der Waals surface area contributed by atoms with Crippen LogP contribution in [0.4, 0.5) is 0 Å². The maximum Gasteiger partial charge on any atom is 0.225 e. The summed E-state index contributed by atoms with van der Waals surface area (Å²) in [5.74, 6) is 1.11. The van der Waals surface area contributed by atoms with Gasteiger partial charge in [-0.25, -0.2) is 8.42 Å². The van der Waals surface area contributed by atoms with Crippen LogP contribution in [0.15, 0.2) is 18.2 Å². The van der Waals surface area contributed by atoms with E-state index in [2.05, 4.69) is 5.32 Å². The number of ether oxygens (including phenoxy) is 2. The Kier molecular flexibility index (Phi) is 4.65. The van der Waals surface area contributed by atoms with E-state index in [1.807, 2.05) is 0 Å². The Labute approximate surface area is 130 Å². The molecular weight excluding hydrogens is 306 g/mol. The molecular formula is C15H21NO5S. The molecule has 1 aliphatic rings. The van der Waals surface area contributed by atoms with Crippen molar-refractivity contribution < 1.29 is 22.7 Å². The molecule has 1 aromatic carbocycles. The number of carbonyl (C=O) groups excluding carboxylic acids is 1. The van der Waals surface area contributed by atoms with Gasteiger partial charge < -0.3 is 14.8 Å². The lowest BCUT2D eigenvalue weighted by atomic mass is 10.0. The topological polar surface area (TPSA) is 81.7 Å². The van der Waals surface area contributed by atoms with Crippen molar-refractivity contribution >= 4 is 15.7 Å². The molecule has 1 aromatic rings. The minimum Gasteiger partial charge on any atom is -0.497 e. The Hall–Kier alpha value is -1.76. The third-order valence-corrected chi connectivity index (χ3v) is 5.69. The van der Waals surface area contributed by atoms with Crippen molar-refractivity contribution in [2.24, 2.45) is 0 Å². The second kappa shape index (κ2) is 6.16. The Balaban J connectivity index is 2.06. The van der Waals surface area contributed by atoms with E-state index in [4.69, 9.17) is 9.47 Å². The van der Waals surface area contributed by atoms with Gasteiger partial charge in [-0.3, -0.25) is 4.79 Å². The highest BCUT2D eigenvalue weighted by molar-refractivity contribution is 7.91. The summed E-state index contributed by atoms with van der Waals surface area (Å²) in [5.41, 5.74) is 0.0422. The van der Waals surface area contributed by atoms with Crippen LogP contribution >= 0.6 is 0 Å². The van der Waals surface area contributed by atoms with Crippen LogP contribution < -0.4 is 14.8 Å². The van der Waals surface area contributed by atoms with Gasteiger partial charge in [0.15, 0.2) is 9.84 Å². The quantitative estimate of drug-likeness (QED) is 0.870. The standard InChI is InChI=1S/C15H21NO5S/c1-15(6-7-22(18,19)10-15)16-14(17)8-11-4-5-12(20-2)9-13(11)21-3/h4-5,9H,6-8,10H2,1-3H3,(H,16,17)/t15-/m0/s1. The van der Waals surface area contributed by atoms with Crippen LogP contribution in [0, 0.1) is 0 Å². The molecule has 0 radical (unpaired) electrons. The van der Waals surface area contributed by atoms with Crippen LogP contribution in [0.3, 0.4) is 0 Å². The summed E-state index contributed by atoms with van der Waals surface area (Å²) in [6.07, 6.45) is 0.573. The zero-order chi connectivity index (χ0) is 16.4. The fraction of sp³-hybridized carbons (Fsp3) is 0.533. The molecule has 2 rings (SSSR count). The van der Waals surface area contributed by atoms with Crippen molar-refractivity contribution in [1.29, 1.82) is 0 Å². The Morgan fingerprint density at radius 3 is 2.59 bits per heavy atom. The van der Waals surface area contributed by atoms with Gasteiger partial charge in [-0.2, -0.15) is 0 Å². The molecule has 22 heavy (non-hydrogen) atoms. The van der Waals surface area contributed by atoms with Gasteiger partial charge in [-0.1, -0.05) is 6.07 Å². The van der Waals surface area contributed by atoms with Gasteiger partial charge >= 0.3 is 0 Å². The first-order valence-corrected chi connectivity index (χ1v) is 8.81. The molecule has 1 atom stereocenters. The van der Waals surface area contributed by atoms with E-state index >= 15 is 0 Å². The summed E-state index contributed by atoms with van der Waals surface area (Å²) in [4.78, 5) is 12.2. The maximum absolute atomic E-state index is 12.2. The van der Waals surface area contributed by atoms with Crippen LogP contribution in [0.1, 0.15) is 18.9 Å². The van der Waals surface area contributed by atoms with Crippen LogP contribution in [0.25, 0.3) is 0 Å². The zero-order valence-electron chi connectivity index (χ0n) is 13.0. The van der Waals surface area contributed by atoms with Crippen molar-refractivity contribution in [2.75, 3.05) is 25.7 Å². The molecule has 1 amide bonds. The molecule has 0 unspecified atom stereocenters.